The van der Waals surface area contributed by atoms with Crippen molar-refractivity contribution in [1.82, 2.24) is 5.32 Å². The molecule has 24 heavy (non-hydrogen) atoms. The first-order chi connectivity index (χ1) is 11.6. The predicted octanol–water partition coefficient (Wildman–Crippen LogP) is 4.81. The highest BCUT2D eigenvalue weighted by molar-refractivity contribution is 7.10. The molecule has 0 aliphatic rings. The molecule has 0 fully saturated rings. The highest BCUT2D eigenvalue weighted by Gasteiger charge is 2.19. The fourth-order valence-electron chi connectivity index (χ4n) is 2.92. The molecule has 1 heterocycles. The second-order valence-electron chi connectivity index (χ2n) is 6.03. The van der Waals surface area contributed by atoms with E-state index in [1.807, 2.05) is 35.7 Å². The predicted molar refractivity (Wildman–Crippen MR) is 100 cm³/mol. The Balaban J connectivity index is 1.89. The van der Waals surface area contributed by atoms with E-state index in [1.54, 1.807) is 11.3 Å². The number of benzene rings is 2. The maximum atomic E-state index is 12.5. The molecule has 0 saturated carbocycles. The number of amides is 1. The van der Waals surface area contributed by atoms with E-state index in [1.165, 1.54) is 11.1 Å². The lowest BCUT2D eigenvalue weighted by atomic mass is 9.93. The molecule has 122 valence electrons. The monoisotopic (exact) mass is 335 g/mol. The third-order valence-corrected chi connectivity index (χ3v) is 4.97. The minimum absolute atomic E-state index is 0.0475. The van der Waals surface area contributed by atoms with E-state index in [9.17, 15) is 4.79 Å². The number of aryl methyl sites for hydroxylation is 2. The van der Waals surface area contributed by atoms with Gasteiger partial charge in [0.2, 0.25) is 5.91 Å². The fourth-order valence-corrected chi connectivity index (χ4v) is 3.62. The van der Waals surface area contributed by atoms with Gasteiger partial charge in [0, 0.05) is 4.88 Å². The summed E-state index contributed by atoms with van der Waals surface area (Å²) in [6, 6.07) is 20.4. The standard InChI is InChI=1S/C21H21NOS/c1-15-10-11-19(16(2)13-15)21(17-7-4-3-5-8-17)22-20(23)14-18-9-6-12-24-18/h3-13,21H,14H2,1-2H3,(H,22,23)/t21-/m1/s1. The molecule has 1 N–H and O–H groups in total. The lowest BCUT2D eigenvalue weighted by Crippen LogP contribution is -2.30. The van der Waals surface area contributed by atoms with Crippen molar-refractivity contribution < 1.29 is 4.79 Å². The number of carbonyl (C=O) groups excluding carboxylic acids is 1. The average Bonchev–Trinajstić information content (AvgIpc) is 3.07. The molecule has 2 aromatic carbocycles. The molecule has 0 aliphatic heterocycles. The Morgan fingerprint density at radius 3 is 2.50 bits per heavy atom. The van der Waals surface area contributed by atoms with Crippen molar-refractivity contribution in [1.29, 1.82) is 0 Å². The Bertz CT molecular complexity index is 809. The third-order valence-electron chi connectivity index (χ3n) is 4.09. The van der Waals surface area contributed by atoms with Crippen LogP contribution in [0.15, 0.2) is 66.0 Å². The highest BCUT2D eigenvalue weighted by atomic mass is 32.1. The first-order valence-corrected chi connectivity index (χ1v) is 8.95. The second kappa shape index (κ2) is 7.45. The molecule has 3 heteroatoms. The van der Waals surface area contributed by atoms with Crippen LogP contribution in [0.3, 0.4) is 0 Å². The molecule has 2 nitrogen and oxygen atoms in total. The highest BCUT2D eigenvalue weighted by Crippen LogP contribution is 2.26. The summed E-state index contributed by atoms with van der Waals surface area (Å²) in [5, 5.41) is 5.22. The van der Waals surface area contributed by atoms with Gasteiger partial charge in [0.15, 0.2) is 0 Å². The van der Waals surface area contributed by atoms with Crippen molar-refractivity contribution in [3.8, 4) is 0 Å². The van der Waals surface area contributed by atoms with Gasteiger partial charge in [-0.1, -0.05) is 60.2 Å². The fraction of sp³-hybridized carbons (Fsp3) is 0.190. The molecule has 3 aromatic rings. The van der Waals surface area contributed by atoms with Crippen LogP contribution < -0.4 is 5.32 Å². The SMILES string of the molecule is Cc1ccc([C@H](NC(=O)Cc2cccs2)c2ccccc2)c(C)c1. The normalized spacial score (nSPS) is 11.9. The summed E-state index contributed by atoms with van der Waals surface area (Å²) in [5.41, 5.74) is 4.67. The molecule has 0 saturated heterocycles. The molecule has 3 rings (SSSR count). The van der Waals surface area contributed by atoms with Crippen LogP contribution in [-0.2, 0) is 11.2 Å². The van der Waals surface area contributed by atoms with Crippen molar-refractivity contribution in [3.63, 3.8) is 0 Å². The molecule has 1 aromatic heterocycles. The van der Waals surface area contributed by atoms with Gasteiger partial charge in [0.25, 0.3) is 0 Å². The molecular weight excluding hydrogens is 314 g/mol. The van der Waals surface area contributed by atoms with Crippen molar-refractivity contribution in [2.24, 2.45) is 0 Å². The number of thiophene rings is 1. The van der Waals surface area contributed by atoms with Gasteiger partial charge < -0.3 is 5.32 Å². The van der Waals surface area contributed by atoms with Crippen LogP contribution in [0.5, 0.6) is 0 Å². The molecule has 0 spiro atoms. The summed E-state index contributed by atoms with van der Waals surface area (Å²) in [5.74, 6) is 0.0475. The maximum Gasteiger partial charge on any atom is 0.226 e. The van der Waals surface area contributed by atoms with Crippen LogP contribution in [0.25, 0.3) is 0 Å². The van der Waals surface area contributed by atoms with E-state index in [2.05, 4.69) is 49.5 Å². The van der Waals surface area contributed by atoms with Gasteiger partial charge in [0.05, 0.1) is 12.5 Å². The summed E-state index contributed by atoms with van der Waals surface area (Å²) >= 11 is 1.61. The largest absolute Gasteiger partial charge is 0.345 e. The molecular formula is C21H21NOS. The second-order valence-corrected chi connectivity index (χ2v) is 7.06. The first kappa shape index (κ1) is 16.5. The van der Waals surface area contributed by atoms with E-state index >= 15 is 0 Å². The van der Waals surface area contributed by atoms with E-state index in [0.29, 0.717) is 6.42 Å². The number of rotatable bonds is 5. The Kier molecular flexibility index (Phi) is 5.11. The Hall–Kier alpha value is -2.39. The topological polar surface area (TPSA) is 29.1 Å². The number of hydrogen-bond donors (Lipinski definition) is 1. The minimum Gasteiger partial charge on any atom is -0.345 e. The van der Waals surface area contributed by atoms with Gasteiger partial charge in [-0.3, -0.25) is 4.79 Å². The summed E-state index contributed by atoms with van der Waals surface area (Å²) in [6.07, 6.45) is 0.423. The lowest BCUT2D eigenvalue weighted by molar-refractivity contribution is -0.120. The Morgan fingerprint density at radius 1 is 1.04 bits per heavy atom. The molecule has 0 unspecified atom stereocenters. The van der Waals surface area contributed by atoms with Crippen LogP contribution in [0.1, 0.15) is 33.2 Å². The van der Waals surface area contributed by atoms with E-state index < -0.39 is 0 Å². The van der Waals surface area contributed by atoms with Crippen LogP contribution in [0, 0.1) is 13.8 Å². The van der Waals surface area contributed by atoms with Crippen LogP contribution in [-0.4, -0.2) is 5.91 Å². The van der Waals surface area contributed by atoms with E-state index in [0.717, 1.165) is 16.0 Å². The molecule has 0 radical (unpaired) electrons. The van der Waals surface area contributed by atoms with E-state index in [4.69, 9.17) is 0 Å². The third kappa shape index (κ3) is 3.92. The van der Waals surface area contributed by atoms with Gasteiger partial charge in [-0.25, -0.2) is 0 Å². The smallest absolute Gasteiger partial charge is 0.226 e. The summed E-state index contributed by atoms with van der Waals surface area (Å²) < 4.78 is 0. The first-order valence-electron chi connectivity index (χ1n) is 8.07. The van der Waals surface area contributed by atoms with Gasteiger partial charge in [-0.05, 0) is 42.0 Å². The van der Waals surface area contributed by atoms with Crippen LogP contribution in [0.4, 0.5) is 0 Å². The summed E-state index contributed by atoms with van der Waals surface area (Å²) in [4.78, 5) is 13.6. The summed E-state index contributed by atoms with van der Waals surface area (Å²) in [6.45, 7) is 4.19. The lowest BCUT2D eigenvalue weighted by Gasteiger charge is -2.22. The molecule has 1 atom stereocenters. The van der Waals surface area contributed by atoms with Gasteiger partial charge in [-0.2, -0.15) is 0 Å². The molecule has 1 amide bonds. The Labute approximate surface area is 147 Å². The number of nitrogens with one attached hydrogen (secondary N) is 1. The zero-order valence-corrected chi connectivity index (χ0v) is 14.8. The van der Waals surface area contributed by atoms with Gasteiger partial charge >= 0.3 is 0 Å². The Morgan fingerprint density at radius 2 is 1.83 bits per heavy atom. The number of hydrogen-bond acceptors (Lipinski definition) is 2. The minimum atomic E-state index is -0.126. The van der Waals surface area contributed by atoms with Crippen LogP contribution in [0.2, 0.25) is 0 Å². The van der Waals surface area contributed by atoms with Gasteiger partial charge in [0.1, 0.15) is 0 Å². The summed E-state index contributed by atoms with van der Waals surface area (Å²) in [7, 11) is 0. The zero-order valence-electron chi connectivity index (χ0n) is 14.0. The number of carbonyl (C=O) groups is 1. The molecule has 0 bridgehead atoms. The quantitative estimate of drug-likeness (QED) is 0.712. The van der Waals surface area contributed by atoms with E-state index in [-0.39, 0.29) is 11.9 Å². The van der Waals surface area contributed by atoms with Crippen molar-refractivity contribution in [3.05, 3.63) is 93.2 Å². The maximum absolute atomic E-state index is 12.5. The average molecular weight is 335 g/mol. The molecule has 0 aliphatic carbocycles. The van der Waals surface area contributed by atoms with Crippen molar-refractivity contribution in [2.45, 2.75) is 26.3 Å². The van der Waals surface area contributed by atoms with Crippen molar-refractivity contribution in [2.75, 3.05) is 0 Å². The zero-order chi connectivity index (χ0) is 16.9. The van der Waals surface area contributed by atoms with Crippen LogP contribution >= 0.6 is 11.3 Å². The van der Waals surface area contributed by atoms with Gasteiger partial charge in [-0.15, -0.1) is 11.3 Å². The van der Waals surface area contributed by atoms with Crippen molar-refractivity contribution >= 4 is 17.2 Å².